The first kappa shape index (κ1) is 24.3. The predicted molar refractivity (Wildman–Crippen MR) is 137 cm³/mol. The van der Waals surface area contributed by atoms with Gasteiger partial charge in [0.2, 0.25) is 0 Å². The number of imide groups is 1. The van der Waals surface area contributed by atoms with Crippen molar-refractivity contribution in [3.63, 3.8) is 0 Å². The van der Waals surface area contributed by atoms with Crippen LogP contribution in [0.3, 0.4) is 0 Å². The summed E-state index contributed by atoms with van der Waals surface area (Å²) in [4.78, 5) is 37.9. The minimum Gasteiger partial charge on any atom is -0.486 e. The van der Waals surface area contributed by atoms with Crippen LogP contribution in [0, 0.1) is 0 Å². The highest BCUT2D eigenvalue weighted by molar-refractivity contribution is 9.10. The molecule has 1 aliphatic rings. The Balaban J connectivity index is 1.55. The number of thioether (sulfide) groups is 1. The predicted octanol–water partition coefficient (Wildman–Crippen LogP) is 6.43. The number of ether oxygens (including phenoxy) is 2. The number of carbonyl (C=O) groups excluding carboxylic acids is 3. The van der Waals surface area contributed by atoms with Crippen LogP contribution in [0.15, 0.2) is 64.0 Å². The van der Waals surface area contributed by atoms with Crippen LogP contribution in [0.25, 0.3) is 16.8 Å². The van der Waals surface area contributed by atoms with E-state index < -0.39 is 23.2 Å². The van der Waals surface area contributed by atoms with Crippen molar-refractivity contribution in [1.29, 1.82) is 0 Å². The summed E-state index contributed by atoms with van der Waals surface area (Å²) in [6.45, 7) is 1.77. The molecule has 4 rings (SSSR count). The first-order valence-corrected chi connectivity index (χ1v) is 12.2. The van der Waals surface area contributed by atoms with Gasteiger partial charge in [-0.2, -0.15) is 0 Å². The van der Waals surface area contributed by atoms with Crippen molar-refractivity contribution in [1.82, 2.24) is 4.90 Å². The van der Waals surface area contributed by atoms with E-state index in [2.05, 4.69) is 20.7 Å². The monoisotopic (exact) mass is 559 g/mol. The Morgan fingerprint density at radius 1 is 1.18 bits per heavy atom. The zero-order valence-electron chi connectivity index (χ0n) is 18.2. The molecule has 0 radical (unpaired) electrons. The largest absolute Gasteiger partial charge is 0.486 e. The van der Waals surface area contributed by atoms with E-state index in [1.807, 2.05) is 42.5 Å². The van der Waals surface area contributed by atoms with Gasteiger partial charge in [0.1, 0.15) is 12.6 Å². The minimum absolute atomic E-state index is 0.188. The first-order chi connectivity index (χ1) is 16.3. The maximum Gasteiger partial charge on any atom is 0.328 e. The Hall–Kier alpha value is -2.81. The van der Waals surface area contributed by atoms with Crippen molar-refractivity contribution in [3.8, 4) is 5.75 Å². The number of hydrogen-bond acceptors (Lipinski definition) is 6. The van der Waals surface area contributed by atoms with E-state index in [0.717, 1.165) is 33.0 Å². The number of rotatable bonds is 6. The summed E-state index contributed by atoms with van der Waals surface area (Å²) >= 11 is 10.7. The quantitative estimate of drug-likeness (QED) is 0.255. The number of halogens is 2. The molecule has 0 aliphatic carbocycles. The van der Waals surface area contributed by atoms with E-state index >= 15 is 0 Å². The van der Waals surface area contributed by atoms with Gasteiger partial charge in [0, 0.05) is 0 Å². The lowest BCUT2D eigenvalue weighted by Crippen LogP contribution is -2.42. The third-order valence-corrected chi connectivity index (χ3v) is 7.08. The lowest BCUT2D eigenvalue weighted by atomic mass is 10.1. The summed E-state index contributed by atoms with van der Waals surface area (Å²) in [7, 11) is 1.21. The van der Waals surface area contributed by atoms with Crippen molar-refractivity contribution in [3.05, 3.63) is 80.1 Å². The van der Waals surface area contributed by atoms with Gasteiger partial charge in [-0.3, -0.25) is 14.5 Å². The van der Waals surface area contributed by atoms with E-state index in [-0.39, 0.29) is 4.91 Å². The normalized spacial score (nSPS) is 15.8. The molecule has 174 valence electrons. The van der Waals surface area contributed by atoms with E-state index in [9.17, 15) is 14.4 Å². The zero-order valence-corrected chi connectivity index (χ0v) is 21.4. The number of hydrogen-bond donors (Lipinski definition) is 0. The number of fused-ring (bicyclic) bond motifs is 1. The van der Waals surface area contributed by atoms with Gasteiger partial charge in [-0.05, 0) is 74.7 Å². The Morgan fingerprint density at radius 2 is 1.91 bits per heavy atom. The molecular formula is C25H19BrClNO5S. The number of nitrogens with zero attached hydrogens (tertiary/aromatic N) is 1. The molecule has 3 aromatic rings. The van der Waals surface area contributed by atoms with Gasteiger partial charge in [-0.15, -0.1) is 0 Å². The molecule has 1 heterocycles. The van der Waals surface area contributed by atoms with Crippen LogP contribution in [0.1, 0.15) is 18.1 Å². The molecule has 3 aromatic carbocycles. The second-order valence-electron chi connectivity index (χ2n) is 7.49. The molecule has 0 N–H and O–H groups in total. The van der Waals surface area contributed by atoms with E-state index in [4.69, 9.17) is 16.3 Å². The van der Waals surface area contributed by atoms with Gasteiger partial charge < -0.3 is 9.47 Å². The van der Waals surface area contributed by atoms with Crippen LogP contribution in [0.2, 0.25) is 5.02 Å². The van der Waals surface area contributed by atoms with Gasteiger partial charge in [0.15, 0.2) is 5.75 Å². The molecule has 9 heteroatoms. The molecular weight excluding hydrogens is 542 g/mol. The minimum atomic E-state index is -1.01. The maximum atomic E-state index is 12.7. The van der Waals surface area contributed by atoms with Crippen LogP contribution >= 0.6 is 39.3 Å². The van der Waals surface area contributed by atoms with Crippen LogP contribution in [-0.4, -0.2) is 35.2 Å². The SMILES string of the molecule is COC(=O)[C@@H](C)N1C(=O)S/C(=C/c2cc(Cl)c(OCc3cccc4ccccc34)c(Br)c2)C1=O. The molecule has 0 aromatic heterocycles. The third kappa shape index (κ3) is 4.85. The average molecular weight is 561 g/mol. The summed E-state index contributed by atoms with van der Waals surface area (Å²) in [6, 6.07) is 16.5. The highest BCUT2D eigenvalue weighted by atomic mass is 79.9. The summed E-state index contributed by atoms with van der Waals surface area (Å²) in [5, 5.41) is 2.04. The number of methoxy groups -OCH3 is 1. The Kier molecular flexibility index (Phi) is 7.30. The van der Waals surface area contributed by atoms with E-state index in [0.29, 0.717) is 27.4 Å². The van der Waals surface area contributed by atoms with E-state index in [1.165, 1.54) is 14.0 Å². The fraction of sp³-hybridized carbons (Fsp3) is 0.160. The second-order valence-corrected chi connectivity index (χ2v) is 9.75. The molecule has 6 nitrogen and oxygen atoms in total. The molecule has 1 saturated heterocycles. The number of benzene rings is 3. The molecule has 0 spiro atoms. The molecule has 34 heavy (non-hydrogen) atoms. The number of esters is 1. The summed E-state index contributed by atoms with van der Waals surface area (Å²) in [5.41, 5.74) is 1.63. The number of carbonyl (C=O) groups is 3. The van der Waals surface area contributed by atoms with Gasteiger partial charge >= 0.3 is 5.97 Å². The van der Waals surface area contributed by atoms with Gasteiger partial charge in [0.05, 0.1) is 21.5 Å². The van der Waals surface area contributed by atoms with Crippen LogP contribution < -0.4 is 4.74 Å². The molecule has 1 aliphatic heterocycles. The maximum absolute atomic E-state index is 12.7. The first-order valence-electron chi connectivity index (χ1n) is 10.2. The van der Waals surface area contributed by atoms with Crippen LogP contribution in [0.4, 0.5) is 4.79 Å². The van der Waals surface area contributed by atoms with Gasteiger partial charge in [0.25, 0.3) is 11.1 Å². The molecule has 0 unspecified atom stereocenters. The fourth-order valence-corrected chi connectivity index (χ4v) is 5.51. The zero-order chi connectivity index (χ0) is 24.4. The van der Waals surface area contributed by atoms with Crippen LogP contribution in [-0.2, 0) is 20.9 Å². The standard InChI is InChI=1S/C25H19BrClNO5S/c1-14(24(30)32-2)28-23(29)21(34-25(28)31)12-15-10-19(26)22(20(27)11-15)33-13-17-8-5-7-16-6-3-4-9-18(16)17/h3-12,14H,13H2,1-2H3/b21-12+/t14-/m1/s1. The lowest BCUT2D eigenvalue weighted by Gasteiger charge is -2.18. The molecule has 1 atom stereocenters. The molecule has 0 bridgehead atoms. The topological polar surface area (TPSA) is 72.9 Å². The average Bonchev–Trinajstić information content (AvgIpc) is 3.10. The summed E-state index contributed by atoms with van der Waals surface area (Å²) < 4.78 is 11.3. The van der Waals surface area contributed by atoms with E-state index in [1.54, 1.807) is 18.2 Å². The van der Waals surface area contributed by atoms with Crippen molar-refractivity contribution in [2.45, 2.75) is 19.6 Å². The molecule has 1 fully saturated rings. The van der Waals surface area contributed by atoms with Crippen molar-refractivity contribution >= 4 is 73.3 Å². The molecule has 2 amide bonds. The van der Waals surface area contributed by atoms with Gasteiger partial charge in [-0.1, -0.05) is 54.1 Å². The Labute approximate surface area is 214 Å². The van der Waals surface area contributed by atoms with Gasteiger partial charge in [-0.25, -0.2) is 4.79 Å². The highest BCUT2D eigenvalue weighted by Gasteiger charge is 2.41. The highest BCUT2D eigenvalue weighted by Crippen LogP contribution is 2.38. The van der Waals surface area contributed by atoms with Crippen molar-refractivity contribution in [2.24, 2.45) is 0 Å². The Morgan fingerprint density at radius 3 is 2.65 bits per heavy atom. The van der Waals surface area contributed by atoms with Crippen molar-refractivity contribution in [2.75, 3.05) is 7.11 Å². The Bertz CT molecular complexity index is 1310. The number of amides is 2. The lowest BCUT2D eigenvalue weighted by molar-refractivity contribution is -0.148. The smallest absolute Gasteiger partial charge is 0.328 e. The van der Waals surface area contributed by atoms with Crippen molar-refractivity contribution < 1.29 is 23.9 Å². The summed E-state index contributed by atoms with van der Waals surface area (Å²) in [5.74, 6) is -0.752. The fourth-order valence-electron chi connectivity index (χ4n) is 3.61. The second kappa shape index (κ2) is 10.2. The van der Waals surface area contributed by atoms with Crippen LogP contribution in [0.5, 0.6) is 5.75 Å². The third-order valence-electron chi connectivity index (χ3n) is 5.32. The molecule has 0 saturated carbocycles. The summed E-state index contributed by atoms with van der Waals surface area (Å²) in [6.07, 6.45) is 1.56.